The maximum absolute atomic E-state index is 8.65. The number of hydrogen-bond donors (Lipinski definition) is 0. The molecule has 0 aliphatic rings. The molecule has 2 nitrogen and oxygen atoms in total. The van der Waals surface area contributed by atoms with Crippen molar-refractivity contribution in [2.45, 2.75) is 20.3 Å². The Labute approximate surface area is 62.8 Å². The van der Waals surface area contributed by atoms with E-state index in [2.05, 4.69) is 13.0 Å². The fourth-order valence-corrected chi connectivity index (χ4v) is 0.745. The van der Waals surface area contributed by atoms with Gasteiger partial charge < -0.3 is 4.90 Å². The van der Waals surface area contributed by atoms with Gasteiger partial charge in [-0.2, -0.15) is 5.26 Å². The van der Waals surface area contributed by atoms with Gasteiger partial charge in [0.15, 0.2) is 0 Å². The topological polar surface area (TPSA) is 27.0 Å². The summed E-state index contributed by atoms with van der Waals surface area (Å²) in [5, 5.41) is 8.65. The molecular weight excluding hydrogens is 124 g/mol. The van der Waals surface area contributed by atoms with Crippen LogP contribution in [0, 0.1) is 11.3 Å². The summed E-state index contributed by atoms with van der Waals surface area (Å²) in [7, 11) is 3.77. The summed E-state index contributed by atoms with van der Waals surface area (Å²) in [6, 6.07) is 2.16. The van der Waals surface area contributed by atoms with Gasteiger partial charge in [-0.05, 0) is 18.9 Å². The van der Waals surface area contributed by atoms with Crippen LogP contribution in [0.4, 0.5) is 0 Å². The Hall–Kier alpha value is -0.970. The van der Waals surface area contributed by atoms with E-state index in [-0.39, 0.29) is 0 Å². The number of allylic oxidation sites excluding steroid dienone is 2. The Bertz CT molecular complexity index is 172. The second-order valence-corrected chi connectivity index (χ2v) is 2.49. The molecule has 0 saturated carbocycles. The first-order valence-electron chi connectivity index (χ1n) is 3.40. The lowest BCUT2D eigenvalue weighted by Crippen LogP contribution is -2.11. The molecule has 0 N–H and O–H groups in total. The van der Waals surface area contributed by atoms with Crippen LogP contribution in [0.15, 0.2) is 11.3 Å². The molecule has 0 bridgehead atoms. The minimum Gasteiger partial charge on any atom is -0.369 e. The molecule has 0 aromatic heterocycles. The Morgan fingerprint density at radius 1 is 1.50 bits per heavy atom. The predicted molar refractivity (Wildman–Crippen MR) is 42.3 cm³/mol. The average Bonchev–Trinajstić information content (AvgIpc) is 1.88. The molecule has 56 valence electrons. The van der Waals surface area contributed by atoms with Crippen LogP contribution in [0.3, 0.4) is 0 Å². The maximum atomic E-state index is 8.65. The van der Waals surface area contributed by atoms with Crippen molar-refractivity contribution < 1.29 is 0 Å². The van der Waals surface area contributed by atoms with E-state index < -0.39 is 0 Å². The number of hydrogen-bond acceptors (Lipinski definition) is 2. The van der Waals surface area contributed by atoms with Gasteiger partial charge in [-0.1, -0.05) is 6.92 Å². The van der Waals surface area contributed by atoms with Gasteiger partial charge >= 0.3 is 0 Å². The molecule has 0 aliphatic heterocycles. The summed E-state index contributed by atoms with van der Waals surface area (Å²) < 4.78 is 0. The van der Waals surface area contributed by atoms with Gasteiger partial charge in [0, 0.05) is 14.1 Å². The van der Waals surface area contributed by atoms with Crippen molar-refractivity contribution in [3.8, 4) is 6.07 Å². The molecule has 0 radical (unpaired) electrons. The Balaban J connectivity index is 4.50. The summed E-state index contributed by atoms with van der Waals surface area (Å²) in [5.74, 6) is 0. The number of rotatable bonds is 2. The first-order valence-corrected chi connectivity index (χ1v) is 3.40. The smallest absolute Gasteiger partial charge is 0.117 e. The molecule has 2 heteroatoms. The molecule has 0 heterocycles. The van der Waals surface area contributed by atoms with E-state index in [1.807, 2.05) is 25.9 Å². The Morgan fingerprint density at radius 3 is 2.10 bits per heavy atom. The third kappa shape index (κ3) is 2.10. The molecule has 0 atom stereocenters. The molecule has 0 aliphatic carbocycles. The van der Waals surface area contributed by atoms with Gasteiger partial charge in [-0.15, -0.1) is 0 Å². The quantitative estimate of drug-likeness (QED) is 0.543. The molecule has 0 aromatic carbocycles. The molecule has 10 heavy (non-hydrogen) atoms. The normalized spacial score (nSPS) is 11.9. The standard InChI is InChI=1S/C8H14N2/c1-5-7(2)8(6-9)10(3)4/h5H2,1-4H3/b8-7-. The van der Waals surface area contributed by atoms with E-state index >= 15 is 0 Å². The third-order valence-corrected chi connectivity index (χ3v) is 1.49. The molecule has 0 aromatic rings. The predicted octanol–water partition coefficient (Wildman–Crippen LogP) is 1.76. The van der Waals surface area contributed by atoms with Crippen molar-refractivity contribution in [3.63, 3.8) is 0 Å². The summed E-state index contributed by atoms with van der Waals surface area (Å²) >= 11 is 0. The highest BCUT2D eigenvalue weighted by atomic mass is 15.1. The van der Waals surface area contributed by atoms with E-state index in [9.17, 15) is 0 Å². The van der Waals surface area contributed by atoms with E-state index in [1.165, 1.54) is 0 Å². The van der Waals surface area contributed by atoms with Crippen LogP contribution >= 0.6 is 0 Å². The molecule has 0 saturated heterocycles. The van der Waals surface area contributed by atoms with Crippen LogP contribution in [0.25, 0.3) is 0 Å². The van der Waals surface area contributed by atoms with Crippen LogP contribution < -0.4 is 0 Å². The highest BCUT2D eigenvalue weighted by Gasteiger charge is 2.00. The molecule has 0 amide bonds. The van der Waals surface area contributed by atoms with Crippen molar-refractivity contribution in [1.29, 1.82) is 5.26 Å². The van der Waals surface area contributed by atoms with E-state index in [1.54, 1.807) is 0 Å². The van der Waals surface area contributed by atoms with Crippen molar-refractivity contribution in [2.24, 2.45) is 0 Å². The summed E-state index contributed by atoms with van der Waals surface area (Å²) in [6.07, 6.45) is 0.946. The summed E-state index contributed by atoms with van der Waals surface area (Å²) in [4.78, 5) is 1.85. The molecule has 0 spiro atoms. The van der Waals surface area contributed by atoms with Gasteiger partial charge in [-0.3, -0.25) is 0 Å². The van der Waals surface area contributed by atoms with Crippen LogP contribution in [-0.2, 0) is 0 Å². The lowest BCUT2D eigenvalue weighted by molar-refractivity contribution is 0.524. The zero-order valence-electron chi connectivity index (χ0n) is 7.10. The minimum absolute atomic E-state index is 0.780. The second kappa shape index (κ2) is 3.94. The van der Waals surface area contributed by atoms with Crippen LogP contribution in [-0.4, -0.2) is 19.0 Å². The summed E-state index contributed by atoms with van der Waals surface area (Å²) in [6.45, 7) is 4.04. The third-order valence-electron chi connectivity index (χ3n) is 1.49. The van der Waals surface area contributed by atoms with E-state index in [0.29, 0.717) is 0 Å². The molecule has 0 rings (SSSR count). The molecule has 0 unspecified atom stereocenters. The van der Waals surface area contributed by atoms with Crippen molar-refractivity contribution in [2.75, 3.05) is 14.1 Å². The largest absolute Gasteiger partial charge is 0.369 e. The van der Waals surface area contributed by atoms with Gasteiger partial charge in [0.05, 0.1) is 0 Å². The van der Waals surface area contributed by atoms with E-state index in [0.717, 1.165) is 17.7 Å². The van der Waals surface area contributed by atoms with Crippen molar-refractivity contribution in [3.05, 3.63) is 11.3 Å². The van der Waals surface area contributed by atoms with Crippen LogP contribution in [0.2, 0.25) is 0 Å². The van der Waals surface area contributed by atoms with E-state index in [4.69, 9.17) is 5.26 Å². The molecular formula is C8H14N2. The van der Waals surface area contributed by atoms with Crippen molar-refractivity contribution >= 4 is 0 Å². The zero-order valence-corrected chi connectivity index (χ0v) is 7.10. The van der Waals surface area contributed by atoms with Gasteiger partial charge in [0.2, 0.25) is 0 Å². The lowest BCUT2D eigenvalue weighted by atomic mass is 10.2. The van der Waals surface area contributed by atoms with Gasteiger partial charge in [0.1, 0.15) is 11.8 Å². The van der Waals surface area contributed by atoms with Crippen molar-refractivity contribution in [1.82, 2.24) is 4.90 Å². The monoisotopic (exact) mass is 138 g/mol. The van der Waals surface area contributed by atoms with Gasteiger partial charge in [0.25, 0.3) is 0 Å². The molecule has 0 fully saturated rings. The highest BCUT2D eigenvalue weighted by molar-refractivity contribution is 5.24. The summed E-state index contributed by atoms with van der Waals surface area (Å²) in [5.41, 5.74) is 1.93. The van der Waals surface area contributed by atoms with Crippen LogP contribution in [0.1, 0.15) is 20.3 Å². The zero-order chi connectivity index (χ0) is 8.15. The minimum atomic E-state index is 0.780. The fraction of sp³-hybridized carbons (Fsp3) is 0.625. The second-order valence-electron chi connectivity index (χ2n) is 2.49. The number of nitriles is 1. The Morgan fingerprint density at radius 2 is 2.00 bits per heavy atom. The highest BCUT2D eigenvalue weighted by Crippen LogP contribution is 2.08. The fourth-order valence-electron chi connectivity index (χ4n) is 0.745. The van der Waals surface area contributed by atoms with Crippen LogP contribution in [0.5, 0.6) is 0 Å². The SMILES string of the molecule is CC/C(C)=C(/C#N)N(C)C. The van der Waals surface area contributed by atoms with Gasteiger partial charge in [-0.25, -0.2) is 0 Å². The lowest BCUT2D eigenvalue weighted by Gasteiger charge is -2.12. The first-order chi connectivity index (χ1) is 4.63. The maximum Gasteiger partial charge on any atom is 0.117 e. The number of nitrogens with zero attached hydrogens (tertiary/aromatic N) is 2. The first kappa shape index (κ1) is 9.03. The Kier molecular flexibility index (Phi) is 3.56. The average molecular weight is 138 g/mol.